The molecule has 0 amide bonds. The molecule has 2 aromatic rings. The normalized spacial score (nSPS) is 17.2. The largest absolute Gasteiger partial charge is 0.388 e. The number of aliphatic hydroxyl groups excluding tert-OH is 1. The highest BCUT2D eigenvalue weighted by molar-refractivity contribution is 9.09. The van der Waals surface area contributed by atoms with Gasteiger partial charge in [0.05, 0.1) is 6.10 Å². The third-order valence-electron chi connectivity index (χ3n) is 4.41. The molecule has 0 bridgehead atoms. The number of hydrogen-bond acceptors (Lipinski definition) is 3. The van der Waals surface area contributed by atoms with E-state index in [1.165, 1.54) is 11.3 Å². The van der Waals surface area contributed by atoms with Crippen LogP contribution < -0.4 is 4.90 Å². The topological polar surface area (TPSA) is 26.7 Å². The third kappa shape index (κ3) is 4.34. The van der Waals surface area contributed by atoms with Gasteiger partial charge < -0.3 is 10.0 Å². The van der Waals surface area contributed by atoms with Crippen molar-refractivity contribution in [3.8, 4) is 0 Å². The Bertz CT molecular complexity index is 595. The van der Waals surface area contributed by atoms with E-state index < -0.39 is 6.10 Å². The van der Waals surface area contributed by atoms with Gasteiger partial charge in [0.25, 0.3) is 0 Å². The van der Waals surface area contributed by atoms with Gasteiger partial charge in [0, 0.05) is 43.7 Å². The van der Waals surface area contributed by atoms with E-state index in [0.29, 0.717) is 5.33 Å². The number of rotatable bonds is 5. The van der Waals surface area contributed by atoms with Gasteiger partial charge >= 0.3 is 0 Å². The lowest BCUT2D eigenvalue weighted by molar-refractivity contribution is 0.205. The molecule has 4 heteroatoms. The summed E-state index contributed by atoms with van der Waals surface area (Å²) >= 11 is 3.31. The minimum absolute atomic E-state index is 0.424. The zero-order valence-electron chi connectivity index (χ0n) is 13.2. The maximum atomic E-state index is 9.84. The molecule has 0 saturated carbocycles. The van der Waals surface area contributed by atoms with Crippen molar-refractivity contribution < 1.29 is 5.11 Å². The second kappa shape index (κ2) is 7.95. The molecule has 1 unspecified atom stereocenters. The Labute approximate surface area is 146 Å². The van der Waals surface area contributed by atoms with E-state index in [4.69, 9.17) is 0 Å². The smallest absolute Gasteiger partial charge is 0.0886 e. The van der Waals surface area contributed by atoms with Crippen molar-refractivity contribution in [2.24, 2.45) is 0 Å². The monoisotopic (exact) mass is 374 g/mol. The Balaban J connectivity index is 1.54. The average molecular weight is 375 g/mol. The summed E-state index contributed by atoms with van der Waals surface area (Å²) in [5.41, 5.74) is 3.59. The van der Waals surface area contributed by atoms with Gasteiger partial charge in [0.15, 0.2) is 0 Å². The summed E-state index contributed by atoms with van der Waals surface area (Å²) in [5, 5.41) is 10.4. The molecular weight excluding hydrogens is 352 g/mol. The van der Waals surface area contributed by atoms with Crippen molar-refractivity contribution in [2.75, 3.05) is 36.4 Å². The van der Waals surface area contributed by atoms with Crippen LogP contribution in [0.3, 0.4) is 0 Å². The summed E-state index contributed by atoms with van der Waals surface area (Å²) in [6.45, 7) is 5.30. The van der Waals surface area contributed by atoms with Crippen LogP contribution in [0.25, 0.3) is 0 Å². The molecule has 1 aliphatic heterocycles. The van der Waals surface area contributed by atoms with Crippen LogP contribution in [0.5, 0.6) is 0 Å². The molecule has 1 aliphatic rings. The average Bonchev–Trinajstić information content (AvgIpc) is 2.63. The van der Waals surface area contributed by atoms with Crippen LogP contribution in [-0.2, 0) is 6.54 Å². The molecule has 0 radical (unpaired) electrons. The van der Waals surface area contributed by atoms with Gasteiger partial charge in [-0.3, -0.25) is 4.90 Å². The van der Waals surface area contributed by atoms with Crippen LogP contribution in [0.15, 0.2) is 54.6 Å². The second-order valence-corrected chi connectivity index (χ2v) is 6.66. The molecule has 0 aromatic heterocycles. The van der Waals surface area contributed by atoms with Gasteiger partial charge in [0.1, 0.15) is 0 Å². The summed E-state index contributed by atoms with van der Waals surface area (Å²) in [4.78, 5) is 4.93. The Hall–Kier alpha value is -1.36. The lowest BCUT2D eigenvalue weighted by atomic mass is 10.1. The van der Waals surface area contributed by atoms with E-state index >= 15 is 0 Å². The predicted octanol–water partition coefficient (Wildman–Crippen LogP) is 3.44. The van der Waals surface area contributed by atoms with Crippen molar-refractivity contribution in [1.29, 1.82) is 0 Å². The number of piperazine rings is 1. The van der Waals surface area contributed by atoms with Crippen LogP contribution >= 0.6 is 15.9 Å². The third-order valence-corrected chi connectivity index (χ3v) is 5.02. The van der Waals surface area contributed by atoms with Gasteiger partial charge in [-0.05, 0) is 23.3 Å². The Morgan fingerprint density at radius 2 is 1.57 bits per heavy atom. The first-order chi connectivity index (χ1) is 11.3. The first-order valence-electron chi connectivity index (χ1n) is 8.11. The number of halogens is 1. The minimum atomic E-state index is -0.424. The summed E-state index contributed by atoms with van der Waals surface area (Å²) < 4.78 is 0. The quantitative estimate of drug-likeness (QED) is 0.812. The van der Waals surface area contributed by atoms with E-state index in [0.717, 1.165) is 38.3 Å². The number of hydrogen-bond donors (Lipinski definition) is 1. The van der Waals surface area contributed by atoms with E-state index in [9.17, 15) is 5.11 Å². The fourth-order valence-corrected chi connectivity index (χ4v) is 3.38. The predicted molar refractivity (Wildman–Crippen MR) is 99.1 cm³/mol. The number of benzene rings is 2. The van der Waals surface area contributed by atoms with Gasteiger partial charge in [-0.25, -0.2) is 0 Å². The summed E-state index contributed by atoms with van der Waals surface area (Å²) in [7, 11) is 0. The molecule has 3 rings (SSSR count). The first-order valence-corrected chi connectivity index (χ1v) is 9.23. The van der Waals surface area contributed by atoms with Crippen molar-refractivity contribution in [3.05, 3.63) is 65.7 Å². The summed E-state index contributed by atoms with van der Waals surface area (Å²) in [5.74, 6) is 0. The van der Waals surface area contributed by atoms with Crippen molar-refractivity contribution in [1.82, 2.24) is 4.90 Å². The van der Waals surface area contributed by atoms with E-state index in [1.807, 2.05) is 12.1 Å². The van der Waals surface area contributed by atoms with Crippen molar-refractivity contribution in [3.63, 3.8) is 0 Å². The van der Waals surface area contributed by atoms with Gasteiger partial charge in [-0.1, -0.05) is 58.4 Å². The maximum Gasteiger partial charge on any atom is 0.0886 e. The molecule has 122 valence electrons. The highest BCUT2D eigenvalue weighted by Gasteiger charge is 2.17. The number of aliphatic hydroxyl groups is 1. The molecule has 1 N–H and O–H groups in total. The van der Waals surface area contributed by atoms with Crippen LogP contribution in [-0.4, -0.2) is 41.5 Å². The lowest BCUT2D eigenvalue weighted by Crippen LogP contribution is -2.45. The second-order valence-electron chi connectivity index (χ2n) is 6.01. The first kappa shape index (κ1) is 16.5. The zero-order chi connectivity index (χ0) is 16.1. The highest BCUT2D eigenvalue weighted by atomic mass is 79.9. The minimum Gasteiger partial charge on any atom is -0.388 e. The molecule has 1 fully saturated rings. The Morgan fingerprint density at radius 3 is 2.17 bits per heavy atom. The molecule has 0 spiro atoms. The standard InChI is InChI=1S/C19H23BrN2O/c20-14-19(23)17-6-8-18(9-7-17)22-12-10-21(11-13-22)15-16-4-2-1-3-5-16/h1-9,19,23H,10-15H2. The molecule has 0 aliphatic carbocycles. The number of alkyl halides is 1. The van der Waals surface area contributed by atoms with Crippen molar-refractivity contribution in [2.45, 2.75) is 12.6 Å². The van der Waals surface area contributed by atoms with Gasteiger partial charge in [-0.15, -0.1) is 0 Å². The Kier molecular flexibility index (Phi) is 5.70. The van der Waals surface area contributed by atoms with Crippen LogP contribution in [0.2, 0.25) is 0 Å². The summed E-state index contributed by atoms with van der Waals surface area (Å²) in [6, 6.07) is 19.0. The molecule has 23 heavy (non-hydrogen) atoms. The Morgan fingerprint density at radius 1 is 0.913 bits per heavy atom. The number of nitrogens with zero attached hydrogens (tertiary/aromatic N) is 2. The molecular formula is C19H23BrN2O. The SMILES string of the molecule is OC(CBr)c1ccc(N2CCN(Cc3ccccc3)CC2)cc1. The van der Waals surface area contributed by atoms with Crippen LogP contribution in [0, 0.1) is 0 Å². The zero-order valence-corrected chi connectivity index (χ0v) is 14.8. The van der Waals surface area contributed by atoms with Gasteiger partial charge in [0.2, 0.25) is 0 Å². The number of anilines is 1. The van der Waals surface area contributed by atoms with Crippen LogP contribution in [0.4, 0.5) is 5.69 Å². The van der Waals surface area contributed by atoms with E-state index in [1.54, 1.807) is 0 Å². The summed E-state index contributed by atoms with van der Waals surface area (Å²) in [6.07, 6.45) is -0.424. The lowest BCUT2D eigenvalue weighted by Gasteiger charge is -2.36. The maximum absolute atomic E-state index is 9.84. The fourth-order valence-electron chi connectivity index (χ4n) is 3.00. The molecule has 1 heterocycles. The molecule has 1 saturated heterocycles. The van der Waals surface area contributed by atoms with Gasteiger partial charge in [-0.2, -0.15) is 0 Å². The molecule has 2 aromatic carbocycles. The van der Waals surface area contributed by atoms with Crippen molar-refractivity contribution >= 4 is 21.6 Å². The fraction of sp³-hybridized carbons (Fsp3) is 0.368. The van der Waals surface area contributed by atoms with E-state index in [2.05, 4.69) is 68.2 Å². The van der Waals surface area contributed by atoms with Crippen LogP contribution in [0.1, 0.15) is 17.2 Å². The molecule has 1 atom stereocenters. The molecule has 3 nitrogen and oxygen atoms in total. The van der Waals surface area contributed by atoms with E-state index in [-0.39, 0.29) is 0 Å². The highest BCUT2D eigenvalue weighted by Crippen LogP contribution is 2.22.